The number of carbonyl (C=O) groups is 1. The second-order valence-electron chi connectivity index (χ2n) is 5.81. The molecule has 1 aromatic rings. The molecule has 20 heavy (non-hydrogen) atoms. The number of ether oxygens (including phenoxy) is 1. The predicted molar refractivity (Wildman–Crippen MR) is 76.0 cm³/mol. The van der Waals surface area contributed by atoms with Crippen LogP contribution in [0.15, 0.2) is 47.1 Å². The molecule has 0 saturated heterocycles. The van der Waals surface area contributed by atoms with Gasteiger partial charge in [0.2, 0.25) is 5.78 Å². The molecule has 4 nitrogen and oxygen atoms in total. The molecule has 0 N–H and O–H groups in total. The molecule has 1 aliphatic heterocycles. The van der Waals surface area contributed by atoms with Gasteiger partial charge in [0.15, 0.2) is 15.4 Å². The molecule has 0 saturated carbocycles. The van der Waals surface area contributed by atoms with Crippen LogP contribution in [0, 0.1) is 0 Å². The third-order valence-corrected chi connectivity index (χ3v) is 5.98. The van der Waals surface area contributed by atoms with Gasteiger partial charge in [-0.05, 0) is 39.8 Å². The fourth-order valence-corrected chi connectivity index (χ4v) is 3.44. The maximum absolute atomic E-state index is 12.7. The minimum absolute atomic E-state index is 0.191. The van der Waals surface area contributed by atoms with Crippen LogP contribution in [-0.4, -0.2) is 24.5 Å². The largest absolute Gasteiger partial charge is 0.482 e. The van der Waals surface area contributed by atoms with Gasteiger partial charge in [-0.15, -0.1) is 0 Å². The second-order valence-corrected chi connectivity index (χ2v) is 8.31. The molecule has 108 valence electrons. The molecule has 5 heteroatoms. The Balaban J connectivity index is 2.47. The van der Waals surface area contributed by atoms with Crippen molar-refractivity contribution in [1.29, 1.82) is 0 Å². The summed E-state index contributed by atoms with van der Waals surface area (Å²) in [7, 11) is -3.64. The van der Waals surface area contributed by atoms with E-state index in [4.69, 9.17) is 4.74 Å². The first-order valence-corrected chi connectivity index (χ1v) is 7.83. The van der Waals surface area contributed by atoms with E-state index < -0.39 is 20.2 Å². The van der Waals surface area contributed by atoms with E-state index in [0.29, 0.717) is 0 Å². The molecule has 0 radical (unpaired) electrons. The molecule has 0 fully saturated rings. The van der Waals surface area contributed by atoms with E-state index in [0.717, 1.165) is 0 Å². The van der Waals surface area contributed by atoms with Crippen molar-refractivity contribution >= 4 is 15.6 Å². The minimum atomic E-state index is -3.64. The Morgan fingerprint density at radius 1 is 1.10 bits per heavy atom. The van der Waals surface area contributed by atoms with Crippen LogP contribution < -0.4 is 0 Å². The summed E-state index contributed by atoms with van der Waals surface area (Å²) >= 11 is 0. The van der Waals surface area contributed by atoms with E-state index in [-0.39, 0.29) is 16.4 Å². The van der Waals surface area contributed by atoms with Crippen molar-refractivity contribution in [3.63, 3.8) is 0 Å². The summed E-state index contributed by atoms with van der Waals surface area (Å²) < 4.78 is 29.7. The number of sulfone groups is 1. The van der Waals surface area contributed by atoms with Crippen molar-refractivity contribution in [2.45, 2.75) is 42.9 Å². The first kappa shape index (κ1) is 14.8. The Bertz CT molecular complexity index is 667. The Hall–Kier alpha value is -1.62. The summed E-state index contributed by atoms with van der Waals surface area (Å²) in [5.74, 6) is -0.0276. The number of carbonyl (C=O) groups excluding carboxylic acids is 1. The van der Waals surface area contributed by atoms with Gasteiger partial charge in [0.25, 0.3) is 0 Å². The van der Waals surface area contributed by atoms with E-state index >= 15 is 0 Å². The van der Waals surface area contributed by atoms with Crippen molar-refractivity contribution in [1.82, 2.24) is 0 Å². The molecule has 1 aromatic carbocycles. The standard InChI is InChI=1S/C15H18O4S/c1-14(2)12(16)10-13(19-14)15(3,4)20(17,18)11-8-6-5-7-9-11/h5-10H,1-4H3. The molecule has 0 aliphatic carbocycles. The molecule has 0 aromatic heterocycles. The quantitative estimate of drug-likeness (QED) is 0.859. The lowest BCUT2D eigenvalue weighted by molar-refractivity contribution is -0.127. The van der Waals surface area contributed by atoms with Crippen LogP contribution in [0.2, 0.25) is 0 Å². The van der Waals surface area contributed by atoms with Crippen molar-refractivity contribution in [2.75, 3.05) is 0 Å². The number of hydrogen-bond donors (Lipinski definition) is 0. The van der Waals surface area contributed by atoms with Crippen LogP contribution in [0.1, 0.15) is 27.7 Å². The minimum Gasteiger partial charge on any atom is -0.482 e. The summed E-state index contributed by atoms with van der Waals surface area (Å²) in [5, 5.41) is 0. The normalized spacial score (nSPS) is 18.6. The monoisotopic (exact) mass is 294 g/mol. The molecule has 0 unspecified atom stereocenters. The number of ketones is 1. The lowest BCUT2D eigenvalue weighted by Crippen LogP contribution is -2.36. The van der Waals surface area contributed by atoms with E-state index in [1.54, 1.807) is 58.0 Å². The molecule has 1 aliphatic rings. The molecule has 0 spiro atoms. The summed E-state index contributed by atoms with van der Waals surface area (Å²) in [6, 6.07) is 8.17. The van der Waals surface area contributed by atoms with Crippen LogP contribution in [0.4, 0.5) is 0 Å². The molecule has 0 bridgehead atoms. The van der Waals surface area contributed by atoms with Crippen LogP contribution in [0.25, 0.3) is 0 Å². The Morgan fingerprint density at radius 2 is 1.65 bits per heavy atom. The van der Waals surface area contributed by atoms with Crippen molar-refractivity contribution in [3.8, 4) is 0 Å². The highest BCUT2D eigenvalue weighted by Crippen LogP contribution is 2.38. The maximum Gasteiger partial charge on any atom is 0.201 e. The zero-order chi connectivity index (χ0) is 15.2. The van der Waals surface area contributed by atoms with Crippen LogP contribution in [0.5, 0.6) is 0 Å². The fourth-order valence-electron chi connectivity index (χ4n) is 1.97. The van der Waals surface area contributed by atoms with E-state index in [9.17, 15) is 13.2 Å². The maximum atomic E-state index is 12.7. The highest BCUT2D eigenvalue weighted by Gasteiger charge is 2.47. The molecule has 0 atom stereocenters. The Labute approximate surface area is 119 Å². The van der Waals surface area contributed by atoms with Gasteiger partial charge in [-0.1, -0.05) is 18.2 Å². The first-order chi connectivity index (χ1) is 9.09. The van der Waals surface area contributed by atoms with Crippen LogP contribution >= 0.6 is 0 Å². The van der Waals surface area contributed by atoms with Crippen LogP contribution in [0.3, 0.4) is 0 Å². The lowest BCUT2D eigenvalue weighted by atomic mass is 10.1. The number of rotatable bonds is 3. The summed E-state index contributed by atoms with van der Waals surface area (Å²) in [6.07, 6.45) is 1.29. The van der Waals surface area contributed by atoms with E-state index in [2.05, 4.69) is 0 Å². The third-order valence-electron chi connectivity index (χ3n) is 3.54. The van der Waals surface area contributed by atoms with E-state index in [1.165, 1.54) is 6.08 Å². The van der Waals surface area contributed by atoms with Gasteiger partial charge in [0.05, 0.1) is 4.90 Å². The van der Waals surface area contributed by atoms with Gasteiger partial charge >= 0.3 is 0 Å². The molecular weight excluding hydrogens is 276 g/mol. The third kappa shape index (κ3) is 2.16. The Morgan fingerprint density at radius 3 is 2.10 bits per heavy atom. The summed E-state index contributed by atoms with van der Waals surface area (Å²) in [6.45, 7) is 6.36. The van der Waals surface area contributed by atoms with Crippen molar-refractivity contribution < 1.29 is 17.9 Å². The van der Waals surface area contributed by atoms with Crippen molar-refractivity contribution in [2.24, 2.45) is 0 Å². The van der Waals surface area contributed by atoms with Gasteiger partial charge < -0.3 is 4.74 Å². The highest BCUT2D eigenvalue weighted by molar-refractivity contribution is 7.93. The fraction of sp³-hybridized carbons (Fsp3) is 0.400. The topological polar surface area (TPSA) is 60.4 Å². The average Bonchev–Trinajstić information content (AvgIpc) is 2.65. The average molecular weight is 294 g/mol. The predicted octanol–water partition coefficient (Wildman–Crippen LogP) is 2.50. The smallest absolute Gasteiger partial charge is 0.201 e. The van der Waals surface area contributed by atoms with Gasteiger partial charge in [0, 0.05) is 6.08 Å². The number of benzene rings is 1. The second kappa shape index (κ2) is 4.45. The zero-order valence-corrected chi connectivity index (χ0v) is 12.8. The van der Waals surface area contributed by atoms with Gasteiger partial charge in [-0.2, -0.15) is 0 Å². The molecule has 0 amide bonds. The van der Waals surface area contributed by atoms with E-state index in [1.807, 2.05) is 0 Å². The van der Waals surface area contributed by atoms with Gasteiger partial charge in [-0.3, -0.25) is 4.79 Å². The molecular formula is C15H18O4S. The zero-order valence-electron chi connectivity index (χ0n) is 12.0. The molecule has 1 heterocycles. The SMILES string of the molecule is CC1(C)OC(C(C)(C)S(=O)(=O)c2ccccc2)=CC1=O. The number of hydrogen-bond acceptors (Lipinski definition) is 4. The van der Waals surface area contributed by atoms with Gasteiger partial charge in [-0.25, -0.2) is 8.42 Å². The van der Waals surface area contributed by atoms with Crippen molar-refractivity contribution in [3.05, 3.63) is 42.2 Å². The summed E-state index contributed by atoms with van der Waals surface area (Å²) in [4.78, 5) is 12.0. The molecule has 2 rings (SSSR count). The Kier molecular flexibility index (Phi) is 3.29. The highest BCUT2D eigenvalue weighted by atomic mass is 32.2. The van der Waals surface area contributed by atoms with Crippen LogP contribution in [-0.2, 0) is 19.4 Å². The summed E-state index contributed by atoms with van der Waals surface area (Å²) in [5.41, 5.74) is -1.00. The van der Waals surface area contributed by atoms with Gasteiger partial charge in [0.1, 0.15) is 10.5 Å². The lowest BCUT2D eigenvalue weighted by Gasteiger charge is -2.28. The first-order valence-electron chi connectivity index (χ1n) is 6.34.